The van der Waals surface area contributed by atoms with Crippen molar-refractivity contribution < 1.29 is 4.79 Å². The molecule has 23 heavy (non-hydrogen) atoms. The molecule has 0 spiro atoms. The normalized spacial score (nSPS) is 14.3. The molecule has 0 unspecified atom stereocenters. The van der Waals surface area contributed by atoms with Gasteiger partial charge in [-0.05, 0) is 44.4 Å². The third kappa shape index (κ3) is 3.70. The first-order chi connectivity index (χ1) is 10.9. The van der Waals surface area contributed by atoms with E-state index in [1.165, 1.54) is 11.1 Å². The van der Waals surface area contributed by atoms with Crippen LogP contribution in [0.2, 0.25) is 0 Å². The van der Waals surface area contributed by atoms with E-state index in [4.69, 9.17) is 0 Å². The summed E-state index contributed by atoms with van der Waals surface area (Å²) in [4.78, 5) is 18.9. The zero-order chi connectivity index (χ0) is 16.4. The van der Waals surface area contributed by atoms with Gasteiger partial charge in [-0.1, -0.05) is 24.3 Å². The van der Waals surface area contributed by atoms with Crippen LogP contribution in [0, 0.1) is 0 Å². The van der Waals surface area contributed by atoms with E-state index < -0.39 is 0 Å². The lowest BCUT2D eigenvalue weighted by atomic mass is 9.99. The van der Waals surface area contributed by atoms with Gasteiger partial charge in [0.2, 0.25) is 0 Å². The van der Waals surface area contributed by atoms with Crippen LogP contribution in [-0.2, 0) is 13.0 Å². The predicted octanol–water partition coefficient (Wildman–Crippen LogP) is 3.49. The number of nitrogens with zero attached hydrogens (tertiary/aromatic N) is 2. The highest BCUT2D eigenvalue weighted by molar-refractivity contribution is 5.94. The molecule has 120 valence electrons. The summed E-state index contributed by atoms with van der Waals surface area (Å²) >= 11 is 0. The highest BCUT2D eigenvalue weighted by atomic mass is 16.2. The number of nitrogens with one attached hydrogen (secondary N) is 1. The number of benzene rings is 1. The van der Waals surface area contributed by atoms with Crippen molar-refractivity contribution in [2.75, 3.05) is 11.9 Å². The Kier molecular flexibility index (Phi) is 4.07. The summed E-state index contributed by atoms with van der Waals surface area (Å²) in [5.74, 6) is 0.0459. The fourth-order valence-corrected chi connectivity index (χ4v) is 2.91. The highest BCUT2D eigenvalue weighted by Gasteiger charge is 2.22. The molecule has 1 aromatic carbocycles. The Balaban J connectivity index is 1.78. The van der Waals surface area contributed by atoms with E-state index in [9.17, 15) is 4.79 Å². The molecule has 0 aliphatic carbocycles. The monoisotopic (exact) mass is 309 g/mol. The van der Waals surface area contributed by atoms with E-state index in [1.807, 2.05) is 17.0 Å². The number of hydrogen-bond acceptors (Lipinski definition) is 3. The van der Waals surface area contributed by atoms with Crippen molar-refractivity contribution in [3.8, 4) is 0 Å². The minimum absolute atomic E-state index is 0.0459. The molecule has 0 radical (unpaired) electrons. The van der Waals surface area contributed by atoms with Crippen molar-refractivity contribution in [2.24, 2.45) is 0 Å². The maximum Gasteiger partial charge on any atom is 0.255 e. The van der Waals surface area contributed by atoms with Crippen LogP contribution in [0.5, 0.6) is 0 Å². The molecule has 0 bridgehead atoms. The lowest BCUT2D eigenvalue weighted by Crippen LogP contribution is -2.36. The van der Waals surface area contributed by atoms with E-state index in [2.05, 4.69) is 49.3 Å². The molecular formula is C19H23N3O. The smallest absolute Gasteiger partial charge is 0.255 e. The van der Waals surface area contributed by atoms with Crippen molar-refractivity contribution in [3.63, 3.8) is 0 Å². The summed E-state index contributed by atoms with van der Waals surface area (Å²) in [6, 6.07) is 10.2. The van der Waals surface area contributed by atoms with Crippen molar-refractivity contribution >= 4 is 11.6 Å². The average molecular weight is 309 g/mol. The number of rotatable bonds is 2. The second-order valence-corrected chi connectivity index (χ2v) is 7.08. The minimum Gasteiger partial charge on any atom is -0.379 e. The zero-order valence-corrected chi connectivity index (χ0v) is 14.0. The lowest BCUT2D eigenvalue weighted by molar-refractivity contribution is 0.0734. The van der Waals surface area contributed by atoms with Gasteiger partial charge in [0.25, 0.3) is 5.91 Å². The molecule has 4 nitrogen and oxygen atoms in total. The number of aromatic nitrogens is 1. The molecule has 2 aromatic rings. The first kappa shape index (κ1) is 15.5. The number of amides is 1. The van der Waals surface area contributed by atoms with E-state index in [0.717, 1.165) is 18.7 Å². The second kappa shape index (κ2) is 6.03. The summed E-state index contributed by atoms with van der Waals surface area (Å²) in [6.45, 7) is 7.69. The molecule has 1 amide bonds. The minimum atomic E-state index is -0.0621. The average Bonchev–Trinajstić information content (AvgIpc) is 2.52. The maximum atomic E-state index is 12.8. The van der Waals surface area contributed by atoms with E-state index in [-0.39, 0.29) is 11.4 Å². The Morgan fingerprint density at radius 1 is 1.17 bits per heavy atom. The summed E-state index contributed by atoms with van der Waals surface area (Å²) in [5, 5.41) is 3.36. The van der Waals surface area contributed by atoms with Crippen LogP contribution < -0.4 is 5.32 Å². The summed E-state index contributed by atoms with van der Waals surface area (Å²) in [5.41, 5.74) is 4.04. The summed E-state index contributed by atoms with van der Waals surface area (Å²) in [6.07, 6.45) is 4.32. The Morgan fingerprint density at radius 3 is 2.65 bits per heavy atom. The van der Waals surface area contributed by atoms with Gasteiger partial charge >= 0.3 is 0 Å². The van der Waals surface area contributed by atoms with E-state index >= 15 is 0 Å². The molecule has 1 aliphatic rings. The van der Waals surface area contributed by atoms with Crippen molar-refractivity contribution in [1.29, 1.82) is 0 Å². The van der Waals surface area contributed by atoms with Crippen LogP contribution in [0.15, 0.2) is 42.7 Å². The van der Waals surface area contributed by atoms with Crippen molar-refractivity contribution in [3.05, 3.63) is 59.4 Å². The summed E-state index contributed by atoms with van der Waals surface area (Å²) < 4.78 is 0. The SMILES string of the molecule is CC(C)(C)Nc1cncc(C(=O)N2CCc3ccccc3C2)c1. The van der Waals surface area contributed by atoms with Gasteiger partial charge in [0.1, 0.15) is 0 Å². The molecule has 0 saturated carbocycles. The first-order valence-corrected chi connectivity index (χ1v) is 8.02. The Hall–Kier alpha value is -2.36. The van der Waals surface area contributed by atoms with Crippen LogP contribution in [0.3, 0.4) is 0 Å². The van der Waals surface area contributed by atoms with Gasteiger partial charge in [-0.25, -0.2) is 0 Å². The molecule has 1 aromatic heterocycles. The van der Waals surface area contributed by atoms with E-state index in [1.54, 1.807) is 12.4 Å². The second-order valence-electron chi connectivity index (χ2n) is 7.08. The maximum absolute atomic E-state index is 12.8. The predicted molar refractivity (Wildman–Crippen MR) is 92.5 cm³/mol. The Morgan fingerprint density at radius 2 is 1.91 bits per heavy atom. The third-order valence-corrected chi connectivity index (χ3v) is 3.92. The first-order valence-electron chi connectivity index (χ1n) is 8.02. The quantitative estimate of drug-likeness (QED) is 0.923. The Labute approximate surface area is 137 Å². The van der Waals surface area contributed by atoms with Crippen molar-refractivity contribution in [2.45, 2.75) is 39.3 Å². The number of carbonyl (C=O) groups excluding carboxylic acids is 1. The molecule has 0 atom stereocenters. The molecule has 1 aliphatic heterocycles. The van der Waals surface area contributed by atoms with Crippen LogP contribution in [0.25, 0.3) is 0 Å². The zero-order valence-electron chi connectivity index (χ0n) is 14.0. The number of pyridine rings is 1. The van der Waals surface area contributed by atoms with Crippen LogP contribution in [-0.4, -0.2) is 27.9 Å². The Bertz CT molecular complexity index is 719. The molecule has 1 N–H and O–H groups in total. The third-order valence-electron chi connectivity index (χ3n) is 3.92. The largest absolute Gasteiger partial charge is 0.379 e. The molecular weight excluding hydrogens is 286 g/mol. The van der Waals surface area contributed by atoms with Crippen LogP contribution in [0.1, 0.15) is 42.3 Å². The van der Waals surface area contributed by atoms with Gasteiger partial charge < -0.3 is 10.2 Å². The van der Waals surface area contributed by atoms with Gasteiger partial charge in [0.15, 0.2) is 0 Å². The number of fused-ring (bicyclic) bond motifs is 1. The van der Waals surface area contributed by atoms with Gasteiger partial charge in [-0.15, -0.1) is 0 Å². The molecule has 0 saturated heterocycles. The fourth-order valence-electron chi connectivity index (χ4n) is 2.91. The van der Waals surface area contributed by atoms with Crippen LogP contribution >= 0.6 is 0 Å². The number of carbonyl (C=O) groups is 1. The van der Waals surface area contributed by atoms with Gasteiger partial charge in [-0.2, -0.15) is 0 Å². The van der Waals surface area contributed by atoms with Gasteiger partial charge in [-0.3, -0.25) is 9.78 Å². The highest BCUT2D eigenvalue weighted by Crippen LogP contribution is 2.21. The molecule has 3 rings (SSSR count). The van der Waals surface area contributed by atoms with Gasteiger partial charge in [0, 0.05) is 31.0 Å². The molecule has 0 fully saturated rings. The van der Waals surface area contributed by atoms with Gasteiger partial charge in [0.05, 0.1) is 11.3 Å². The number of hydrogen-bond donors (Lipinski definition) is 1. The standard InChI is InChI=1S/C19H23N3O/c1-19(2,3)21-17-10-16(11-20-12-17)18(23)22-9-8-14-6-4-5-7-15(14)13-22/h4-7,10-12,21H,8-9,13H2,1-3H3. The molecule has 2 heterocycles. The topological polar surface area (TPSA) is 45.2 Å². The van der Waals surface area contributed by atoms with Crippen molar-refractivity contribution in [1.82, 2.24) is 9.88 Å². The number of anilines is 1. The van der Waals surface area contributed by atoms with E-state index in [0.29, 0.717) is 12.1 Å². The summed E-state index contributed by atoms with van der Waals surface area (Å²) in [7, 11) is 0. The lowest BCUT2D eigenvalue weighted by Gasteiger charge is -2.29. The van der Waals surface area contributed by atoms with Crippen LogP contribution in [0.4, 0.5) is 5.69 Å². The molecule has 4 heteroatoms. The fraction of sp³-hybridized carbons (Fsp3) is 0.368.